The van der Waals surface area contributed by atoms with Gasteiger partial charge in [-0.2, -0.15) is 0 Å². The van der Waals surface area contributed by atoms with Gasteiger partial charge in [0.25, 0.3) is 11.8 Å². The van der Waals surface area contributed by atoms with Crippen molar-refractivity contribution in [1.29, 1.82) is 0 Å². The van der Waals surface area contributed by atoms with E-state index in [2.05, 4.69) is 15.5 Å². The number of benzene rings is 2. The summed E-state index contributed by atoms with van der Waals surface area (Å²) >= 11 is 1.16. The fourth-order valence-corrected chi connectivity index (χ4v) is 4.36. The first-order valence-electron chi connectivity index (χ1n) is 9.99. The molecule has 7 nitrogen and oxygen atoms in total. The minimum absolute atomic E-state index is 0.0851. The molecule has 2 aromatic carbocycles. The van der Waals surface area contributed by atoms with Crippen LogP contribution in [0.1, 0.15) is 51.0 Å². The zero-order chi connectivity index (χ0) is 21.8. The maximum Gasteiger partial charge on any atom is 0.286 e. The summed E-state index contributed by atoms with van der Waals surface area (Å²) in [7, 11) is 0. The molecular formula is C22H21FN4O3S. The Hall–Kier alpha value is -3.33. The van der Waals surface area contributed by atoms with Gasteiger partial charge in [-0.1, -0.05) is 11.3 Å². The SMILES string of the molecule is CCOc1ccc(C(=O)N2CCCC2c2nnc(C(=O)Nc3ccc(F)cc3)s2)cc1. The molecule has 4 rings (SSSR count). The van der Waals surface area contributed by atoms with E-state index in [1.165, 1.54) is 24.3 Å². The highest BCUT2D eigenvalue weighted by molar-refractivity contribution is 7.13. The normalized spacial score (nSPS) is 15.7. The predicted molar refractivity (Wildman–Crippen MR) is 115 cm³/mol. The number of hydrogen-bond donors (Lipinski definition) is 1. The smallest absolute Gasteiger partial charge is 0.286 e. The van der Waals surface area contributed by atoms with E-state index in [-0.39, 0.29) is 22.8 Å². The molecule has 0 spiro atoms. The number of anilines is 1. The van der Waals surface area contributed by atoms with Gasteiger partial charge in [0.05, 0.1) is 12.6 Å². The molecule has 160 valence electrons. The molecule has 31 heavy (non-hydrogen) atoms. The van der Waals surface area contributed by atoms with Crippen molar-refractivity contribution in [2.45, 2.75) is 25.8 Å². The minimum Gasteiger partial charge on any atom is -0.494 e. The molecule has 2 amide bonds. The van der Waals surface area contributed by atoms with Crippen LogP contribution in [0.25, 0.3) is 0 Å². The number of carbonyl (C=O) groups excluding carboxylic acids is 2. The molecule has 3 aromatic rings. The van der Waals surface area contributed by atoms with E-state index < -0.39 is 5.91 Å². The van der Waals surface area contributed by atoms with Crippen molar-refractivity contribution >= 4 is 28.8 Å². The van der Waals surface area contributed by atoms with Crippen molar-refractivity contribution in [3.05, 3.63) is 69.9 Å². The molecule has 0 bridgehead atoms. The van der Waals surface area contributed by atoms with Gasteiger partial charge in [-0.05, 0) is 68.3 Å². The van der Waals surface area contributed by atoms with Crippen molar-refractivity contribution < 1.29 is 18.7 Å². The molecule has 1 atom stereocenters. The van der Waals surface area contributed by atoms with E-state index in [0.29, 0.717) is 29.4 Å². The lowest BCUT2D eigenvalue weighted by Crippen LogP contribution is -2.30. The molecule has 1 fully saturated rings. The summed E-state index contributed by atoms with van der Waals surface area (Å²) in [5.41, 5.74) is 1.05. The largest absolute Gasteiger partial charge is 0.494 e. The third-order valence-corrected chi connectivity index (χ3v) is 5.97. The van der Waals surface area contributed by atoms with Crippen LogP contribution < -0.4 is 10.1 Å². The Balaban J connectivity index is 1.46. The number of rotatable bonds is 6. The van der Waals surface area contributed by atoms with Crippen molar-refractivity contribution in [3.8, 4) is 5.75 Å². The molecular weight excluding hydrogens is 419 g/mol. The molecule has 1 aliphatic heterocycles. The topological polar surface area (TPSA) is 84.4 Å². The van der Waals surface area contributed by atoms with Crippen molar-refractivity contribution in [2.24, 2.45) is 0 Å². The lowest BCUT2D eigenvalue weighted by Gasteiger charge is -2.22. The summed E-state index contributed by atoms with van der Waals surface area (Å²) < 4.78 is 18.5. The number of nitrogens with one attached hydrogen (secondary N) is 1. The lowest BCUT2D eigenvalue weighted by molar-refractivity contribution is 0.0735. The van der Waals surface area contributed by atoms with Crippen LogP contribution in [0.3, 0.4) is 0 Å². The Labute approximate surface area is 182 Å². The fourth-order valence-electron chi connectivity index (χ4n) is 3.47. The summed E-state index contributed by atoms with van der Waals surface area (Å²) in [6.07, 6.45) is 1.61. The van der Waals surface area contributed by atoms with Crippen LogP contribution in [0.4, 0.5) is 10.1 Å². The number of hydrogen-bond acceptors (Lipinski definition) is 6. The van der Waals surface area contributed by atoms with Crippen LogP contribution in [0.15, 0.2) is 48.5 Å². The maximum absolute atomic E-state index is 13.0. The zero-order valence-corrected chi connectivity index (χ0v) is 17.7. The van der Waals surface area contributed by atoms with E-state index >= 15 is 0 Å². The second-order valence-corrected chi connectivity index (χ2v) is 8.03. The van der Waals surface area contributed by atoms with Crippen LogP contribution in [-0.4, -0.2) is 40.1 Å². The van der Waals surface area contributed by atoms with Gasteiger partial charge in [0.15, 0.2) is 0 Å². The molecule has 1 saturated heterocycles. The molecule has 0 saturated carbocycles. The van der Waals surface area contributed by atoms with Crippen LogP contribution in [0.5, 0.6) is 5.75 Å². The molecule has 1 N–H and O–H groups in total. The highest BCUT2D eigenvalue weighted by Crippen LogP contribution is 2.35. The average Bonchev–Trinajstić information content (AvgIpc) is 3.45. The number of halogens is 1. The van der Waals surface area contributed by atoms with Gasteiger partial charge in [0.1, 0.15) is 16.6 Å². The zero-order valence-electron chi connectivity index (χ0n) is 16.9. The number of ether oxygens (including phenoxy) is 1. The van der Waals surface area contributed by atoms with Gasteiger partial charge in [0.2, 0.25) is 5.01 Å². The van der Waals surface area contributed by atoms with E-state index in [1.54, 1.807) is 29.2 Å². The summed E-state index contributed by atoms with van der Waals surface area (Å²) in [6, 6.07) is 12.3. The summed E-state index contributed by atoms with van der Waals surface area (Å²) in [5.74, 6) is -0.163. The molecule has 9 heteroatoms. The predicted octanol–water partition coefficient (Wildman–Crippen LogP) is 4.31. The second-order valence-electron chi connectivity index (χ2n) is 7.02. The van der Waals surface area contributed by atoms with Gasteiger partial charge in [-0.25, -0.2) is 4.39 Å². The van der Waals surface area contributed by atoms with Gasteiger partial charge in [0, 0.05) is 17.8 Å². The second kappa shape index (κ2) is 9.22. The fraction of sp³-hybridized carbons (Fsp3) is 0.273. The Morgan fingerprint density at radius 2 is 1.90 bits per heavy atom. The van der Waals surface area contributed by atoms with Crippen LogP contribution in [0, 0.1) is 5.82 Å². The first-order valence-corrected chi connectivity index (χ1v) is 10.8. The third-order valence-electron chi connectivity index (χ3n) is 4.95. The third kappa shape index (κ3) is 4.72. The van der Waals surface area contributed by atoms with Crippen LogP contribution in [0.2, 0.25) is 0 Å². The first-order chi connectivity index (χ1) is 15.0. The molecule has 2 heterocycles. The highest BCUT2D eigenvalue weighted by Gasteiger charge is 2.33. The van der Waals surface area contributed by atoms with Crippen molar-refractivity contribution in [3.63, 3.8) is 0 Å². The summed E-state index contributed by atoms with van der Waals surface area (Å²) in [4.78, 5) is 27.3. The first kappa shape index (κ1) is 20.9. The highest BCUT2D eigenvalue weighted by atomic mass is 32.1. The Morgan fingerprint density at radius 1 is 1.16 bits per heavy atom. The monoisotopic (exact) mass is 440 g/mol. The molecule has 1 aromatic heterocycles. The molecule has 0 aliphatic carbocycles. The lowest BCUT2D eigenvalue weighted by atomic mass is 10.1. The van der Waals surface area contributed by atoms with E-state index in [4.69, 9.17) is 4.74 Å². The van der Waals surface area contributed by atoms with Gasteiger partial charge < -0.3 is 15.0 Å². The van der Waals surface area contributed by atoms with Gasteiger partial charge in [-0.15, -0.1) is 10.2 Å². The van der Waals surface area contributed by atoms with E-state index in [0.717, 1.165) is 29.9 Å². The average molecular weight is 441 g/mol. The van der Waals surface area contributed by atoms with Gasteiger partial charge in [-0.3, -0.25) is 9.59 Å². The standard InChI is InChI=1S/C22H21FN4O3S/c1-2-30-17-11-5-14(6-12-17)22(29)27-13-3-4-18(27)20-25-26-21(31-20)19(28)24-16-9-7-15(23)8-10-16/h5-12,18H,2-4,13H2,1H3,(H,24,28). The molecule has 0 radical (unpaired) electrons. The Kier molecular flexibility index (Phi) is 6.22. The quantitative estimate of drug-likeness (QED) is 0.618. The van der Waals surface area contributed by atoms with Crippen molar-refractivity contribution in [1.82, 2.24) is 15.1 Å². The van der Waals surface area contributed by atoms with E-state index in [9.17, 15) is 14.0 Å². The Morgan fingerprint density at radius 3 is 2.61 bits per heavy atom. The number of likely N-dealkylation sites (tertiary alicyclic amines) is 1. The maximum atomic E-state index is 13.0. The summed E-state index contributed by atoms with van der Waals surface area (Å²) in [6.45, 7) is 3.09. The van der Waals surface area contributed by atoms with E-state index in [1.807, 2.05) is 6.92 Å². The molecule has 1 aliphatic rings. The van der Waals surface area contributed by atoms with Crippen LogP contribution in [-0.2, 0) is 0 Å². The number of amides is 2. The number of carbonyl (C=O) groups is 2. The van der Waals surface area contributed by atoms with Crippen molar-refractivity contribution in [2.75, 3.05) is 18.5 Å². The van der Waals surface area contributed by atoms with Crippen LogP contribution >= 0.6 is 11.3 Å². The van der Waals surface area contributed by atoms with Gasteiger partial charge >= 0.3 is 0 Å². The molecule has 1 unspecified atom stereocenters. The minimum atomic E-state index is -0.419. The number of nitrogens with zero attached hydrogens (tertiary/aromatic N) is 3. The Bertz CT molecular complexity index is 1070. The summed E-state index contributed by atoms with van der Waals surface area (Å²) in [5, 5.41) is 11.7. The number of aromatic nitrogens is 2.